The molecule has 112 valence electrons. The van der Waals surface area contributed by atoms with Gasteiger partial charge in [-0.25, -0.2) is 0 Å². The highest BCUT2D eigenvalue weighted by molar-refractivity contribution is 6.32. The lowest BCUT2D eigenvalue weighted by atomic mass is 10.2. The van der Waals surface area contributed by atoms with Gasteiger partial charge in [0, 0.05) is 6.54 Å². The summed E-state index contributed by atoms with van der Waals surface area (Å²) in [4.78, 5) is 0. The van der Waals surface area contributed by atoms with E-state index >= 15 is 0 Å². The summed E-state index contributed by atoms with van der Waals surface area (Å²) < 4.78 is 11.2. The highest BCUT2D eigenvalue weighted by atomic mass is 35.5. The van der Waals surface area contributed by atoms with Crippen molar-refractivity contribution in [1.29, 1.82) is 0 Å². The maximum Gasteiger partial charge on any atom is 0.169 e. The molecule has 2 aromatic rings. The van der Waals surface area contributed by atoms with Crippen LogP contribution < -0.4 is 14.8 Å². The summed E-state index contributed by atoms with van der Waals surface area (Å²) in [5, 5.41) is 3.86. The lowest BCUT2D eigenvalue weighted by Gasteiger charge is -2.13. The van der Waals surface area contributed by atoms with Crippen molar-refractivity contribution in [3.8, 4) is 17.2 Å². The summed E-state index contributed by atoms with van der Waals surface area (Å²) in [6.45, 7) is 5.80. The van der Waals surface area contributed by atoms with Gasteiger partial charge < -0.3 is 14.8 Å². The van der Waals surface area contributed by atoms with Crippen molar-refractivity contribution in [3.05, 3.63) is 52.5 Å². The third-order valence-corrected chi connectivity index (χ3v) is 3.41. The van der Waals surface area contributed by atoms with Gasteiger partial charge in [-0.05, 0) is 48.9 Å². The van der Waals surface area contributed by atoms with Gasteiger partial charge in [-0.2, -0.15) is 0 Å². The normalized spacial score (nSPS) is 10.5. The SMILES string of the molecule is CCNCc1ccc(Oc2ccc(C)cc2OC)c(Cl)c1. The molecule has 0 saturated heterocycles. The minimum absolute atomic E-state index is 0.591. The van der Waals surface area contributed by atoms with E-state index in [9.17, 15) is 0 Å². The summed E-state index contributed by atoms with van der Waals surface area (Å²) in [5.74, 6) is 1.98. The molecule has 0 fully saturated rings. The van der Waals surface area contributed by atoms with Crippen LogP contribution in [0.5, 0.6) is 17.2 Å². The predicted octanol–water partition coefficient (Wildman–Crippen LogP) is 4.56. The molecule has 0 aliphatic rings. The van der Waals surface area contributed by atoms with Gasteiger partial charge in [0.2, 0.25) is 0 Å². The standard InChI is InChI=1S/C17H20ClNO2/c1-4-19-11-13-6-8-15(14(18)10-13)21-16-7-5-12(2)9-17(16)20-3/h5-10,19H,4,11H2,1-3H3. The highest BCUT2D eigenvalue weighted by Crippen LogP contribution is 2.35. The van der Waals surface area contributed by atoms with Gasteiger partial charge >= 0.3 is 0 Å². The molecule has 0 aliphatic heterocycles. The molecule has 0 saturated carbocycles. The Morgan fingerprint density at radius 2 is 1.81 bits per heavy atom. The van der Waals surface area contributed by atoms with Crippen molar-refractivity contribution in [2.24, 2.45) is 0 Å². The Hall–Kier alpha value is -1.71. The Bertz CT molecular complexity index is 614. The summed E-state index contributed by atoms with van der Waals surface area (Å²) in [7, 11) is 1.63. The van der Waals surface area contributed by atoms with E-state index in [0.717, 1.165) is 24.2 Å². The molecular formula is C17H20ClNO2. The summed E-state index contributed by atoms with van der Waals surface area (Å²) in [6.07, 6.45) is 0. The Morgan fingerprint density at radius 1 is 1.05 bits per heavy atom. The fourth-order valence-electron chi connectivity index (χ4n) is 1.98. The quantitative estimate of drug-likeness (QED) is 0.848. The van der Waals surface area contributed by atoms with E-state index in [-0.39, 0.29) is 0 Å². The Morgan fingerprint density at radius 3 is 2.48 bits per heavy atom. The van der Waals surface area contributed by atoms with Gasteiger partial charge in [0.25, 0.3) is 0 Å². The van der Waals surface area contributed by atoms with Gasteiger partial charge in [0.1, 0.15) is 5.75 Å². The molecule has 0 atom stereocenters. The third kappa shape index (κ3) is 4.13. The molecule has 2 aromatic carbocycles. The van der Waals surface area contributed by atoms with Crippen molar-refractivity contribution in [3.63, 3.8) is 0 Å². The van der Waals surface area contributed by atoms with Crippen LogP contribution in [0.15, 0.2) is 36.4 Å². The zero-order valence-corrected chi connectivity index (χ0v) is 13.3. The van der Waals surface area contributed by atoms with E-state index in [1.165, 1.54) is 0 Å². The molecule has 2 rings (SSSR count). The van der Waals surface area contributed by atoms with Gasteiger partial charge in [0.05, 0.1) is 12.1 Å². The first-order valence-corrected chi connectivity index (χ1v) is 7.33. The monoisotopic (exact) mass is 305 g/mol. The fourth-order valence-corrected chi connectivity index (χ4v) is 2.23. The molecule has 3 nitrogen and oxygen atoms in total. The smallest absolute Gasteiger partial charge is 0.169 e. The average molecular weight is 306 g/mol. The number of benzene rings is 2. The Labute approximate surface area is 130 Å². The molecule has 4 heteroatoms. The zero-order valence-electron chi connectivity index (χ0n) is 12.6. The number of hydrogen-bond donors (Lipinski definition) is 1. The van der Waals surface area contributed by atoms with Crippen molar-refractivity contribution >= 4 is 11.6 Å². The second-order valence-electron chi connectivity index (χ2n) is 4.80. The molecule has 0 aliphatic carbocycles. The first kappa shape index (κ1) is 15.7. The Balaban J connectivity index is 2.20. The molecule has 21 heavy (non-hydrogen) atoms. The molecule has 0 heterocycles. The van der Waals surface area contributed by atoms with Crippen molar-refractivity contribution in [1.82, 2.24) is 5.32 Å². The lowest BCUT2D eigenvalue weighted by Crippen LogP contribution is -2.11. The van der Waals surface area contributed by atoms with Gasteiger partial charge in [0.15, 0.2) is 11.5 Å². The minimum Gasteiger partial charge on any atom is -0.493 e. The minimum atomic E-state index is 0.591. The topological polar surface area (TPSA) is 30.5 Å². The first-order chi connectivity index (χ1) is 10.1. The number of halogens is 1. The summed E-state index contributed by atoms with van der Waals surface area (Å²) in [6, 6.07) is 11.6. The molecule has 0 radical (unpaired) electrons. The summed E-state index contributed by atoms with van der Waals surface area (Å²) in [5.41, 5.74) is 2.25. The van der Waals surface area contributed by atoms with Crippen LogP contribution in [0.25, 0.3) is 0 Å². The van der Waals surface area contributed by atoms with E-state index in [2.05, 4.69) is 12.2 Å². The number of methoxy groups -OCH3 is 1. The molecule has 0 aromatic heterocycles. The second-order valence-corrected chi connectivity index (χ2v) is 5.21. The number of aryl methyl sites for hydroxylation is 1. The van der Waals surface area contributed by atoms with E-state index in [1.54, 1.807) is 7.11 Å². The number of rotatable bonds is 6. The molecule has 0 unspecified atom stereocenters. The molecule has 0 bridgehead atoms. The molecule has 0 spiro atoms. The van der Waals surface area contributed by atoms with E-state index in [0.29, 0.717) is 22.3 Å². The summed E-state index contributed by atoms with van der Waals surface area (Å²) >= 11 is 6.29. The number of ether oxygens (including phenoxy) is 2. The second kappa shape index (κ2) is 7.34. The van der Waals surface area contributed by atoms with Crippen LogP contribution in [-0.4, -0.2) is 13.7 Å². The van der Waals surface area contributed by atoms with Crippen LogP contribution in [0, 0.1) is 6.92 Å². The van der Waals surface area contributed by atoms with Crippen molar-refractivity contribution < 1.29 is 9.47 Å². The maximum atomic E-state index is 6.29. The average Bonchev–Trinajstić information content (AvgIpc) is 2.49. The highest BCUT2D eigenvalue weighted by Gasteiger charge is 2.09. The van der Waals surface area contributed by atoms with Gasteiger partial charge in [-0.1, -0.05) is 30.7 Å². The first-order valence-electron chi connectivity index (χ1n) is 6.95. The van der Waals surface area contributed by atoms with Gasteiger partial charge in [-0.3, -0.25) is 0 Å². The Kier molecular flexibility index (Phi) is 5.48. The maximum absolute atomic E-state index is 6.29. The zero-order chi connectivity index (χ0) is 15.2. The number of nitrogens with one attached hydrogen (secondary N) is 1. The fraction of sp³-hybridized carbons (Fsp3) is 0.294. The van der Waals surface area contributed by atoms with Gasteiger partial charge in [-0.15, -0.1) is 0 Å². The van der Waals surface area contributed by atoms with Crippen LogP contribution in [0.1, 0.15) is 18.1 Å². The van der Waals surface area contributed by atoms with E-state index in [4.69, 9.17) is 21.1 Å². The van der Waals surface area contributed by atoms with Crippen LogP contribution in [0.4, 0.5) is 0 Å². The molecule has 1 N–H and O–H groups in total. The molecule has 0 amide bonds. The van der Waals surface area contributed by atoms with E-state index < -0.39 is 0 Å². The number of hydrogen-bond acceptors (Lipinski definition) is 3. The predicted molar refractivity (Wildman–Crippen MR) is 86.6 cm³/mol. The van der Waals surface area contributed by atoms with E-state index in [1.807, 2.05) is 43.3 Å². The van der Waals surface area contributed by atoms with Crippen molar-refractivity contribution in [2.45, 2.75) is 20.4 Å². The third-order valence-electron chi connectivity index (χ3n) is 3.11. The largest absolute Gasteiger partial charge is 0.493 e. The molecular weight excluding hydrogens is 286 g/mol. The van der Waals surface area contributed by atoms with Crippen molar-refractivity contribution in [2.75, 3.05) is 13.7 Å². The van der Waals surface area contributed by atoms with Crippen LogP contribution in [-0.2, 0) is 6.54 Å². The van der Waals surface area contributed by atoms with Crippen LogP contribution >= 0.6 is 11.6 Å². The van der Waals surface area contributed by atoms with Crippen LogP contribution in [0.2, 0.25) is 5.02 Å². The van der Waals surface area contributed by atoms with Crippen LogP contribution in [0.3, 0.4) is 0 Å². The lowest BCUT2D eigenvalue weighted by molar-refractivity contribution is 0.378.